The summed E-state index contributed by atoms with van der Waals surface area (Å²) in [6, 6.07) is 17.7. The number of phenols is 1. The van der Waals surface area contributed by atoms with E-state index in [0.29, 0.717) is 28.0 Å². The van der Waals surface area contributed by atoms with E-state index in [4.69, 9.17) is 9.47 Å². The maximum Gasteiger partial charge on any atom is 0.249 e. The summed E-state index contributed by atoms with van der Waals surface area (Å²) < 4.78 is 12.0. The number of aromatic hydroxyl groups is 1. The summed E-state index contributed by atoms with van der Waals surface area (Å²) in [5.41, 5.74) is 1.62. The van der Waals surface area contributed by atoms with Gasteiger partial charge < -0.3 is 19.9 Å². The van der Waals surface area contributed by atoms with Crippen molar-refractivity contribution in [2.24, 2.45) is 0 Å². The van der Waals surface area contributed by atoms with Gasteiger partial charge in [0.2, 0.25) is 11.8 Å². The molecular weight excluding hydrogens is 486 g/mol. The number of fused-ring (bicyclic) bond motifs is 1. The van der Waals surface area contributed by atoms with Crippen LogP contribution in [-0.2, 0) is 16.1 Å². The van der Waals surface area contributed by atoms with Gasteiger partial charge in [-0.2, -0.15) is 0 Å². The van der Waals surface area contributed by atoms with Gasteiger partial charge in [0.05, 0.1) is 19.7 Å². The predicted octanol–water partition coefficient (Wildman–Crippen LogP) is 3.84. The Bertz CT molecular complexity index is 1440. The van der Waals surface area contributed by atoms with Gasteiger partial charge in [-0.1, -0.05) is 23.4 Å². The number of nitrogens with one attached hydrogen (secondary N) is 1. The first kappa shape index (κ1) is 26.5. The van der Waals surface area contributed by atoms with Crippen molar-refractivity contribution in [3.63, 3.8) is 0 Å². The van der Waals surface area contributed by atoms with Crippen LogP contribution in [0.4, 0.5) is 5.69 Å². The summed E-state index contributed by atoms with van der Waals surface area (Å²) >= 11 is 0. The van der Waals surface area contributed by atoms with Crippen LogP contribution in [0, 0.1) is 0 Å². The van der Waals surface area contributed by atoms with Gasteiger partial charge in [0.1, 0.15) is 23.9 Å². The first-order valence-corrected chi connectivity index (χ1v) is 12.0. The number of ether oxygens (including phenoxy) is 2. The maximum absolute atomic E-state index is 14.0. The third-order valence-corrected chi connectivity index (χ3v) is 5.85. The van der Waals surface area contributed by atoms with E-state index in [1.807, 2.05) is 45.0 Å². The van der Waals surface area contributed by atoms with Crippen LogP contribution in [0.25, 0.3) is 11.0 Å². The quantitative estimate of drug-likeness (QED) is 0.364. The number of hydrogen-bond acceptors (Lipinski definition) is 7. The summed E-state index contributed by atoms with van der Waals surface area (Å²) in [7, 11) is 2.99. The number of anilines is 1. The zero-order chi connectivity index (χ0) is 27.4. The fourth-order valence-electron chi connectivity index (χ4n) is 4.15. The number of phenolic OH excluding ortho intramolecular Hbond substituents is 1. The van der Waals surface area contributed by atoms with Gasteiger partial charge in [-0.05, 0) is 74.9 Å². The molecule has 0 unspecified atom stereocenters. The minimum absolute atomic E-state index is 0.150. The molecule has 1 atom stereocenters. The van der Waals surface area contributed by atoms with E-state index >= 15 is 0 Å². The Kier molecular flexibility index (Phi) is 7.52. The molecule has 0 aliphatic rings. The SMILES string of the molecule is COc1ccc(N(C(=O)Cn2nnc3ccccc32)[C@H](C(=O)NC(C)(C)C)c2ccc(OC)c(O)c2)cc1. The number of aromatic nitrogens is 3. The highest BCUT2D eigenvalue weighted by Crippen LogP contribution is 2.35. The van der Waals surface area contributed by atoms with Crippen LogP contribution >= 0.6 is 0 Å². The molecule has 0 saturated carbocycles. The average molecular weight is 518 g/mol. The van der Waals surface area contributed by atoms with Crippen molar-refractivity contribution in [2.75, 3.05) is 19.1 Å². The topological polar surface area (TPSA) is 119 Å². The molecule has 0 fully saturated rings. The number of hydrogen-bond donors (Lipinski definition) is 2. The summed E-state index contributed by atoms with van der Waals surface area (Å²) in [6.07, 6.45) is 0. The smallest absolute Gasteiger partial charge is 0.249 e. The van der Waals surface area contributed by atoms with Crippen LogP contribution in [0.2, 0.25) is 0 Å². The van der Waals surface area contributed by atoms with Crippen LogP contribution in [-0.4, -0.2) is 51.7 Å². The number of para-hydroxylation sites is 1. The number of carbonyl (C=O) groups is 2. The van der Waals surface area contributed by atoms with E-state index in [-0.39, 0.29) is 18.0 Å². The third kappa shape index (κ3) is 5.69. The predicted molar refractivity (Wildman–Crippen MR) is 143 cm³/mol. The number of amides is 2. The van der Waals surface area contributed by atoms with Gasteiger partial charge in [0.15, 0.2) is 11.5 Å². The zero-order valence-corrected chi connectivity index (χ0v) is 22.0. The molecule has 2 N–H and O–H groups in total. The Morgan fingerprint density at radius 3 is 2.37 bits per heavy atom. The molecule has 1 heterocycles. The Morgan fingerprint density at radius 2 is 1.74 bits per heavy atom. The maximum atomic E-state index is 14.0. The van der Waals surface area contributed by atoms with Gasteiger partial charge in [-0.25, -0.2) is 4.68 Å². The number of rotatable bonds is 8. The van der Waals surface area contributed by atoms with Crippen LogP contribution in [0.5, 0.6) is 17.2 Å². The lowest BCUT2D eigenvalue weighted by Crippen LogP contribution is -2.50. The van der Waals surface area contributed by atoms with Gasteiger partial charge >= 0.3 is 0 Å². The molecule has 0 radical (unpaired) electrons. The molecule has 0 spiro atoms. The Labute approximate surface area is 220 Å². The molecule has 0 saturated heterocycles. The lowest BCUT2D eigenvalue weighted by Gasteiger charge is -2.34. The van der Waals surface area contributed by atoms with Crippen molar-refractivity contribution in [2.45, 2.75) is 38.9 Å². The minimum atomic E-state index is -1.12. The number of benzene rings is 3. The van der Waals surface area contributed by atoms with E-state index in [1.54, 1.807) is 43.5 Å². The van der Waals surface area contributed by atoms with Gasteiger partial charge in [-0.15, -0.1) is 5.10 Å². The second kappa shape index (κ2) is 10.8. The summed E-state index contributed by atoms with van der Waals surface area (Å²) in [5.74, 6) is -0.130. The second-order valence-electron chi connectivity index (χ2n) is 9.77. The van der Waals surface area contributed by atoms with Gasteiger partial charge in [0.25, 0.3) is 0 Å². The highest BCUT2D eigenvalue weighted by atomic mass is 16.5. The van der Waals surface area contributed by atoms with E-state index in [2.05, 4.69) is 15.6 Å². The molecule has 38 heavy (non-hydrogen) atoms. The van der Waals surface area contributed by atoms with Crippen molar-refractivity contribution in [3.05, 3.63) is 72.3 Å². The average Bonchev–Trinajstić information content (AvgIpc) is 3.28. The summed E-state index contributed by atoms with van der Waals surface area (Å²) in [4.78, 5) is 29.2. The van der Waals surface area contributed by atoms with Gasteiger partial charge in [-0.3, -0.25) is 14.5 Å². The van der Waals surface area contributed by atoms with Crippen LogP contribution in [0.3, 0.4) is 0 Å². The number of methoxy groups -OCH3 is 2. The second-order valence-corrected chi connectivity index (χ2v) is 9.77. The number of nitrogens with zero attached hydrogens (tertiary/aromatic N) is 4. The fourth-order valence-corrected chi connectivity index (χ4v) is 4.15. The van der Waals surface area contributed by atoms with Crippen molar-refractivity contribution in [1.29, 1.82) is 0 Å². The third-order valence-electron chi connectivity index (χ3n) is 5.85. The van der Waals surface area contributed by atoms with Crippen molar-refractivity contribution in [3.8, 4) is 17.2 Å². The fraction of sp³-hybridized carbons (Fsp3) is 0.286. The Hall–Kier alpha value is -4.60. The molecule has 10 heteroatoms. The van der Waals surface area contributed by atoms with Gasteiger partial charge in [0, 0.05) is 11.2 Å². The summed E-state index contributed by atoms with van der Waals surface area (Å²) in [5, 5.41) is 21.8. The normalized spacial score (nSPS) is 12.1. The monoisotopic (exact) mass is 517 g/mol. The molecule has 1 aromatic heterocycles. The molecule has 10 nitrogen and oxygen atoms in total. The highest BCUT2D eigenvalue weighted by molar-refractivity contribution is 6.01. The molecule has 4 aromatic rings. The van der Waals surface area contributed by atoms with Crippen molar-refractivity contribution >= 4 is 28.5 Å². The molecule has 0 aliphatic heterocycles. The number of carbonyl (C=O) groups excluding carboxylic acids is 2. The van der Waals surface area contributed by atoms with E-state index in [1.165, 1.54) is 22.8 Å². The first-order valence-electron chi connectivity index (χ1n) is 12.0. The standard InChI is InChI=1S/C28H31N5O5/c1-28(2,3)29-27(36)26(18-10-15-24(38-5)23(34)16-18)33(19-11-13-20(37-4)14-12-19)25(35)17-32-22-9-7-6-8-21(22)30-31-32/h6-16,26,34H,17H2,1-5H3,(H,29,36)/t26-/m0/s1. The molecule has 2 amide bonds. The molecule has 0 bridgehead atoms. The van der Waals surface area contributed by atoms with Crippen LogP contribution in [0.1, 0.15) is 32.4 Å². The molecular formula is C28H31N5O5. The van der Waals surface area contributed by atoms with Crippen molar-refractivity contribution < 1.29 is 24.2 Å². The molecule has 0 aliphatic carbocycles. The lowest BCUT2D eigenvalue weighted by molar-refractivity contribution is -0.128. The molecule has 198 valence electrons. The minimum Gasteiger partial charge on any atom is -0.504 e. The highest BCUT2D eigenvalue weighted by Gasteiger charge is 2.35. The van der Waals surface area contributed by atoms with E-state index in [0.717, 1.165) is 0 Å². The molecule has 4 rings (SSSR count). The first-order chi connectivity index (χ1) is 18.1. The van der Waals surface area contributed by atoms with Crippen LogP contribution in [0.15, 0.2) is 66.7 Å². The molecule has 3 aromatic carbocycles. The van der Waals surface area contributed by atoms with Crippen LogP contribution < -0.4 is 19.7 Å². The van der Waals surface area contributed by atoms with E-state index in [9.17, 15) is 14.7 Å². The lowest BCUT2D eigenvalue weighted by atomic mass is 10.00. The summed E-state index contributed by atoms with van der Waals surface area (Å²) in [6.45, 7) is 5.39. The Morgan fingerprint density at radius 1 is 1.03 bits per heavy atom. The largest absolute Gasteiger partial charge is 0.504 e. The van der Waals surface area contributed by atoms with E-state index < -0.39 is 23.4 Å². The zero-order valence-electron chi connectivity index (χ0n) is 22.0. The van der Waals surface area contributed by atoms with Crippen molar-refractivity contribution in [1.82, 2.24) is 20.3 Å². The Balaban J connectivity index is 1.84.